The topological polar surface area (TPSA) is 65.1 Å². The molecule has 1 heterocycles. The van der Waals surface area contributed by atoms with Gasteiger partial charge in [-0.25, -0.2) is 0 Å². The zero-order chi connectivity index (χ0) is 12.8. The third-order valence-corrected chi connectivity index (χ3v) is 3.36. The van der Waals surface area contributed by atoms with Gasteiger partial charge in [0.2, 0.25) is 0 Å². The van der Waals surface area contributed by atoms with Crippen molar-refractivity contribution in [3.05, 3.63) is 23.8 Å². The van der Waals surface area contributed by atoms with Crippen LogP contribution < -0.4 is 11.1 Å². The Labute approximate surface area is 108 Å². The van der Waals surface area contributed by atoms with Crippen LogP contribution in [0, 0.1) is 11.3 Å². The summed E-state index contributed by atoms with van der Waals surface area (Å²) in [5, 5.41) is 12.4. The zero-order valence-electron chi connectivity index (χ0n) is 10.7. The summed E-state index contributed by atoms with van der Waals surface area (Å²) in [4.78, 5) is 2.47. The molecule has 0 radical (unpaired) electrons. The molecule has 18 heavy (non-hydrogen) atoms. The molecule has 0 aliphatic carbocycles. The number of hydrogen-bond acceptors (Lipinski definition) is 4. The highest BCUT2D eigenvalue weighted by atomic mass is 15.1. The van der Waals surface area contributed by atoms with Crippen LogP contribution in [0.3, 0.4) is 0 Å². The quantitative estimate of drug-likeness (QED) is 0.795. The van der Waals surface area contributed by atoms with Crippen LogP contribution in [-0.2, 0) is 0 Å². The first-order valence-electron chi connectivity index (χ1n) is 6.55. The van der Waals surface area contributed by atoms with Gasteiger partial charge in [-0.2, -0.15) is 5.26 Å². The van der Waals surface area contributed by atoms with Crippen molar-refractivity contribution in [1.82, 2.24) is 4.90 Å². The Balaban J connectivity index is 1.84. The number of rotatable bonds is 4. The second-order valence-electron chi connectivity index (χ2n) is 4.75. The molecule has 0 aromatic heterocycles. The van der Waals surface area contributed by atoms with E-state index in [4.69, 9.17) is 11.0 Å². The van der Waals surface area contributed by atoms with E-state index in [1.54, 1.807) is 6.07 Å². The van der Waals surface area contributed by atoms with Crippen molar-refractivity contribution in [2.45, 2.75) is 19.3 Å². The molecule has 1 saturated heterocycles. The van der Waals surface area contributed by atoms with E-state index < -0.39 is 0 Å². The van der Waals surface area contributed by atoms with Crippen LogP contribution in [0.1, 0.15) is 24.8 Å². The predicted octanol–water partition coefficient (Wildman–Crippen LogP) is 2.04. The lowest BCUT2D eigenvalue weighted by Gasteiger charge is -2.26. The number of nitrogen functional groups attached to an aromatic ring is 1. The number of benzene rings is 1. The maximum absolute atomic E-state index is 9.03. The molecule has 0 amide bonds. The molecule has 0 spiro atoms. The predicted molar refractivity (Wildman–Crippen MR) is 74.4 cm³/mol. The molecule has 4 nitrogen and oxygen atoms in total. The summed E-state index contributed by atoms with van der Waals surface area (Å²) < 4.78 is 0. The smallest absolute Gasteiger partial charge is 0.101 e. The number of hydrogen-bond donors (Lipinski definition) is 2. The minimum atomic E-state index is 0.619. The molecule has 0 saturated carbocycles. The van der Waals surface area contributed by atoms with Crippen LogP contribution in [0.15, 0.2) is 18.2 Å². The van der Waals surface area contributed by atoms with Gasteiger partial charge in [-0.3, -0.25) is 0 Å². The van der Waals surface area contributed by atoms with Crippen LogP contribution >= 0.6 is 0 Å². The van der Waals surface area contributed by atoms with E-state index in [1.165, 1.54) is 32.4 Å². The van der Waals surface area contributed by atoms with Gasteiger partial charge in [-0.15, -0.1) is 0 Å². The van der Waals surface area contributed by atoms with Crippen molar-refractivity contribution >= 4 is 11.4 Å². The molecule has 0 unspecified atom stereocenters. The second kappa shape index (κ2) is 6.27. The minimum Gasteiger partial charge on any atom is -0.399 e. The summed E-state index contributed by atoms with van der Waals surface area (Å²) in [6.07, 6.45) is 3.98. The molecule has 0 atom stereocenters. The Bertz CT molecular complexity index is 430. The number of anilines is 2. The molecule has 1 aliphatic rings. The SMILES string of the molecule is N#Cc1cc(N)ccc1NCCN1CCCCC1. The molecule has 1 fully saturated rings. The van der Waals surface area contributed by atoms with E-state index in [2.05, 4.69) is 16.3 Å². The van der Waals surface area contributed by atoms with E-state index in [1.807, 2.05) is 12.1 Å². The number of piperidine rings is 1. The van der Waals surface area contributed by atoms with E-state index in [-0.39, 0.29) is 0 Å². The van der Waals surface area contributed by atoms with E-state index in [9.17, 15) is 0 Å². The summed E-state index contributed by atoms with van der Waals surface area (Å²) in [7, 11) is 0. The third-order valence-electron chi connectivity index (χ3n) is 3.36. The average Bonchev–Trinajstić information content (AvgIpc) is 2.41. The molecule has 2 rings (SSSR count). The van der Waals surface area contributed by atoms with Gasteiger partial charge in [0.1, 0.15) is 6.07 Å². The average molecular weight is 244 g/mol. The number of nitrogens with two attached hydrogens (primary N) is 1. The molecular formula is C14H20N4. The van der Waals surface area contributed by atoms with Gasteiger partial charge in [-0.1, -0.05) is 6.42 Å². The monoisotopic (exact) mass is 244 g/mol. The Morgan fingerprint density at radius 1 is 1.28 bits per heavy atom. The first-order valence-corrected chi connectivity index (χ1v) is 6.55. The standard InChI is InChI=1S/C14H20N4/c15-11-12-10-13(16)4-5-14(12)17-6-9-18-7-2-1-3-8-18/h4-5,10,17H,1-3,6-9,16H2. The Morgan fingerprint density at radius 2 is 2.06 bits per heavy atom. The highest BCUT2D eigenvalue weighted by Gasteiger charge is 2.09. The maximum atomic E-state index is 9.03. The highest BCUT2D eigenvalue weighted by Crippen LogP contribution is 2.17. The van der Waals surface area contributed by atoms with Crippen LogP contribution in [-0.4, -0.2) is 31.1 Å². The van der Waals surface area contributed by atoms with E-state index in [0.29, 0.717) is 11.3 Å². The number of nitrogens with one attached hydrogen (secondary N) is 1. The zero-order valence-corrected chi connectivity index (χ0v) is 10.7. The molecule has 4 heteroatoms. The lowest BCUT2D eigenvalue weighted by molar-refractivity contribution is 0.237. The fraction of sp³-hybridized carbons (Fsp3) is 0.500. The summed E-state index contributed by atoms with van der Waals surface area (Å²) in [6.45, 7) is 4.32. The van der Waals surface area contributed by atoms with Gasteiger partial charge in [0.15, 0.2) is 0 Å². The number of nitrogens with zero attached hydrogens (tertiary/aromatic N) is 2. The van der Waals surface area contributed by atoms with Crippen LogP contribution in [0.2, 0.25) is 0 Å². The fourth-order valence-electron chi connectivity index (χ4n) is 2.34. The van der Waals surface area contributed by atoms with Crippen molar-refractivity contribution in [3.63, 3.8) is 0 Å². The van der Waals surface area contributed by atoms with Gasteiger partial charge >= 0.3 is 0 Å². The summed E-state index contributed by atoms with van der Waals surface area (Å²) >= 11 is 0. The van der Waals surface area contributed by atoms with Crippen LogP contribution in [0.5, 0.6) is 0 Å². The molecular weight excluding hydrogens is 224 g/mol. The van der Waals surface area contributed by atoms with Gasteiger partial charge < -0.3 is 16.0 Å². The highest BCUT2D eigenvalue weighted by molar-refractivity contribution is 5.62. The lowest BCUT2D eigenvalue weighted by Crippen LogP contribution is -2.33. The number of nitriles is 1. The first kappa shape index (κ1) is 12.7. The third kappa shape index (κ3) is 3.38. The number of likely N-dealkylation sites (tertiary alicyclic amines) is 1. The van der Waals surface area contributed by atoms with Crippen molar-refractivity contribution < 1.29 is 0 Å². The van der Waals surface area contributed by atoms with Crippen molar-refractivity contribution in [1.29, 1.82) is 5.26 Å². The normalized spacial score (nSPS) is 16.2. The summed E-state index contributed by atoms with van der Waals surface area (Å²) in [5.74, 6) is 0. The molecule has 96 valence electrons. The summed E-state index contributed by atoms with van der Waals surface area (Å²) in [6, 6.07) is 7.58. The Morgan fingerprint density at radius 3 is 2.78 bits per heavy atom. The van der Waals surface area contributed by atoms with Gasteiger partial charge in [0.05, 0.1) is 11.3 Å². The van der Waals surface area contributed by atoms with Crippen molar-refractivity contribution in [2.24, 2.45) is 0 Å². The Kier molecular flexibility index (Phi) is 4.43. The van der Waals surface area contributed by atoms with Gasteiger partial charge in [0.25, 0.3) is 0 Å². The Hall–Kier alpha value is -1.73. The fourth-order valence-corrected chi connectivity index (χ4v) is 2.34. The summed E-state index contributed by atoms with van der Waals surface area (Å²) in [5.41, 5.74) is 7.79. The van der Waals surface area contributed by atoms with E-state index >= 15 is 0 Å². The minimum absolute atomic E-state index is 0.619. The lowest BCUT2D eigenvalue weighted by atomic mass is 10.1. The molecule has 1 aromatic carbocycles. The molecule has 0 bridgehead atoms. The molecule has 1 aromatic rings. The van der Waals surface area contributed by atoms with Crippen molar-refractivity contribution in [3.8, 4) is 6.07 Å². The second-order valence-corrected chi connectivity index (χ2v) is 4.75. The van der Waals surface area contributed by atoms with Gasteiger partial charge in [0, 0.05) is 18.8 Å². The van der Waals surface area contributed by atoms with E-state index in [0.717, 1.165) is 18.8 Å². The molecule has 1 aliphatic heterocycles. The van der Waals surface area contributed by atoms with Crippen LogP contribution in [0.4, 0.5) is 11.4 Å². The van der Waals surface area contributed by atoms with Crippen molar-refractivity contribution in [2.75, 3.05) is 37.2 Å². The van der Waals surface area contributed by atoms with Crippen LogP contribution in [0.25, 0.3) is 0 Å². The first-order chi connectivity index (χ1) is 8.79. The largest absolute Gasteiger partial charge is 0.399 e. The maximum Gasteiger partial charge on any atom is 0.101 e. The molecule has 3 N–H and O–H groups in total. The van der Waals surface area contributed by atoms with Gasteiger partial charge in [-0.05, 0) is 44.1 Å².